The zero-order valence-electron chi connectivity index (χ0n) is 15.6. The number of carbonyl (C=O) groups is 1. The van der Waals surface area contributed by atoms with E-state index in [1.165, 1.54) is 6.08 Å². The van der Waals surface area contributed by atoms with Crippen molar-refractivity contribution in [2.75, 3.05) is 19.5 Å². The van der Waals surface area contributed by atoms with Gasteiger partial charge in [-0.3, -0.25) is 13.9 Å². The number of fused-ring (bicyclic) bond motifs is 1. The fourth-order valence-electron chi connectivity index (χ4n) is 2.90. The van der Waals surface area contributed by atoms with Crippen molar-refractivity contribution in [1.82, 2.24) is 9.13 Å². The Balaban J connectivity index is 1.82. The lowest BCUT2D eigenvalue weighted by atomic mass is 10.1. The van der Waals surface area contributed by atoms with Crippen molar-refractivity contribution >= 4 is 28.7 Å². The zero-order chi connectivity index (χ0) is 19.6. The molecule has 0 fully saturated rings. The van der Waals surface area contributed by atoms with Gasteiger partial charge in [0.05, 0.1) is 25.3 Å². The molecule has 2 aromatic carbocycles. The van der Waals surface area contributed by atoms with Gasteiger partial charge in [-0.25, -0.2) is 4.79 Å². The van der Waals surface area contributed by atoms with E-state index in [1.54, 1.807) is 79.9 Å². The highest BCUT2D eigenvalue weighted by atomic mass is 16.5. The smallest absolute Gasteiger partial charge is 0.328 e. The Morgan fingerprint density at radius 2 is 1.74 bits per heavy atom. The van der Waals surface area contributed by atoms with Gasteiger partial charge in [0, 0.05) is 31.4 Å². The molecule has 0 atom stereocenters. The lowest BCUT2D eigenvalue weighted by Gasteiger charge is -2.07. The van der Waals surface area contributed by atoms with Crippen molar-refractivity contribution in [3.05, 3.63) is 58.5 Å². The van der Waals surface area contributed by atoms with Gasteiger partial charge in [-0.05, 0) is 42.5 Å². The number of methoxy groups -OCH3 is 2. The quantitative estimate of drug-likeness (QED) is 0.704. The minimum absolute atomic E-state index is 0.113. The van der Waals surface area contributed by atoms with Gasteiger partial charge >= 0.3 is 5.69 Å². The number of ether oxygens (including phenoxy) is 2. The van der Waals surface area contributed by atoms with Crippen LogP contribution in [0.5, 0.6) is 11.5 Å². The van der Waals surface area contributed by atoms with Crippen LogP contribution in [0.25, 0.3) is 17.1 Å². The van der Waals surface area contributed by atoms with Gasteiger partial charge in [-0.1, -0.05) is 0 Å². The molecule has 0 spiro atoms. The standard InChI is InChI=1S/C20H21N3O4/c1-22-16-8-6-14(12-17(16)23(2)20(22)25)21-19(24)10-5-13-11-15(26-3)7-9-18(13)27-4/h5-12H,1-4H3,(H,21,24)/b10-5+. The second-order valence-electron chi connectivity index (χ2n) is 6.03. The summed E-state index contributed by atoms with van der Waals surface area (Å²) < 4.78 is 13.6. The van der Waals surface area contributed by atoms with Crippen LogP contribution >= 0.6 is 0 Å². The predicted molar refractivity (Wildman–Crippen MR) is 105 cm³/mol. The molecule has 7 heteroatoms. The highest BCUT2D eigenvalue weighted by Crippen LogP contribution is 2.25. The summed E-state index contributed by atoms with van der Waals surface area (Å²) in [6.07, 6.45) is 3.08. The van der Waals surface area contributed by atoms with E-state index < -0.39 is 0 Å². The number of hydrogen-bond acceptors (Lipinski definition) is 4. The van der Waals surface area contributed by atoms with E-state index in [2.05, 4.69) is 5.32 Å². The number of nitrogens with zero attached hydrogens (tertiary/aromatic N) is 2. The molecule has 3 rings (SSSR count). The van der Waals surface area contributed by atoms with E-state index in [0.717, 1.165) is 16.6 Å². The first-order valence-corrected chi connectivity index (χ1v) is 8.31. The number of benzene rings is 2. The number of imidazole rings is 1. The van der Waals surface area contributed by atoms with Gasteiger partial charge in [0.1, 0.15) is 11.5 Å². The Labute approximate surface area is 156 Å². The molecule has 1 N–H and O–H groups in total. The van der Waals surface area contributed by atoms with E-state index in [1.807, 2.05) is 0 Å². The zero-order valence-corrected chi connectivity index (χ0v) is 15.6. The summed E-state index contributed by atoms with van der Waals surface area (Å²) in [6.45, 7) is 0. The molecule has 140 valence electrons. The Kier molecular flexibility index (Phi) is 5.03. The number of anilines is 1. The summed E-state index contributed by atoms with van der Waals surface area (Å²) in [7, 11) is 6.56. The van der Waals surface area contributed by atoms with Crippen molar-refractivity contribution in [2.45, 2.75) is 0 Å². The molecule has 0 unspecified atom stereocenters. The fraction of sp³-hybridized carbons (Fsp3) is 0.200. The van der Waals surface area contributed by atoms with Gasteiger partial charge in [0.15, 0.2) is 0 Å². The summed E-state index contributed by atoms with van der Waals surface area (Å²) in [5.74, 6) is 1.02. The summed E-state index contributed by atoms with van der Waals surface area (Å²) in [4.78, 5) is 24.3. The Hall–Kier alpha value is -3.48. The maximum atomic E-state index is 12.3. The minimum Gasteiger partial charge on any atom is -0.497 e. The third kappa shape index (κ3) is 3.57. The maximum absolute atomic E-state index is 12.3. The van der Waals surface area contributed by atoms with Crippen molar-refractivity contribution in [3.8, 4) is 11.5 Å². The van der Waals surface area contributed by atoms with Crippen molar-refractivity contribution in [3.63, 3.8) is 0 Å². The molecule has 0 aliphatic carbocycles. The highest BCUT2D eigenvalue weighted by molar-refractivity contribution is 6.03. The van der Waals surface area contributed by atoms with Crippen LogP contribution in [0.15, 0.2) is 47.3 Å². The SMILES string of the molecule is COc1ccc(OC)c(/C=C/C(=O)Nc2ccc3c(c2)n(C)c(=O)n3C)c1. The molecule has 0 aliphatic rings. The molecule has 7 nitrogen and oxygen atoms in total. The lowest BCUT2D eigenvalue weighted by Crippen LogP contribution is -2.19. The molecule has 0 aliphatic heterocycles. The number of aromatic nitrogens is 2. The number of hydrogen-bond donors (Lipinski definition) is 1. The second kappa shape index (κ2) is 7.41. The third-order valence-electron chi connectivity index (χ3n) is 4.39. The topological polar surface area (TPSA) is 74.5 Å². The molecule has 0 bridgehead atoms. The molecule has 0 radical (unpaired) electrons. The first kappa shape index (κ1) is 18.3. The van der Waals surface area contributed by atoms with Crippen LogP contribution in [-0.4, -0.2) is 29.3 Å². The number of carbonyl (C=O) groups excluding carboxylic acids is 1. The van der Waals surface area contributed by atoms with Crippen LogP contribution in [-0.2, 0) is 18.9 Å². The van der Waals surface area contributed by atoms with E-state index >= 15 is 0 Å². The van der Waals surface area contributed by atoms with Gasteiger partial charge < -0.3 is 14.8 Å². The number of aryl methyl sites for hydroxylation is 2. The average molecular weight is 367 g/mol. The lowest BCUT2D eigenvalue weighted by molar-refractivity contribution is -0.111. The molecule has 3 aromatic rings. The molecule has 1 heterocycles. The summed E-state index contributed by atoms with van der Waals surface area (Å²) >= 11 is 0. The van der Waals surface area contributed by atoms with Crippen LogP contribution < -0.4 is 20.5 Å². The Morgan fingerprint density at radius 1 is 1.00 bits per heavy atom. The van der Waals surface area contributed by atoms with E-state index in [9.17, 15) is 9.59 Å². The van der Waals surface area contributed by atoms with Gasteiger partial charge in [0.2, 0.25) is 5.91 Å². The van der Waals surface area contributed by atoms with Crippen LogP contribution in [0.4, 0.5) is 5.69 Å². The van der Waals surface area contributed by atoms with Crippen LogP contribution in [0.3, 0.4) is 0 Å². The molecular weight excluding hydrogens is 346 g/mol. The van der Waals surface area contributed by atoms with E-state index in [-0.39, 0.29) is 11.6 Å². The molecule has 0 saturated carbocycles. The van der Waals surface area contributed by atoms with E-state index in [0.29, 0.717) is 17.2 Å². The normalized spacial score (nSPS) is 11.1. The summed E-state index contributed by atoms with van der Waals surface area (Å²) in [6, 6.07) is 10.7. The Bertz CT molecular complexity index is 1090. The summed E-state index contributed by atoms with van der Waals surface area (Å²) in [5.41, 5.74) is 2.78. The number of amides is 1. The number of nitrogens with one attached hydrogen (secondary N) is 1. The average Bonchev–Trinajstić information content (AvgIpc) is 2.90. The van der Waals surface area contributed by atoms with Crippen molar-refractivity contribution in [2.24, 2.45) is 14.1 Å². The fourth-order valence-corrected chi connectivity index (χ4v) is 2.90. The third-order valence-corrected chi connectivity index (χ3v) is 4.39. The van der Waals surface area contributed by atoms with Gasteiger partial charge in [-0.2, -0.15) is 0 Å². The van der Waals surface area contributed by atoms with E-state index in [4.69, 9.17) is 9.47 Å². The second-order valence-corrected chi connectivity index (χ2v) is 6.03. The molecule has 1 aromatic heterocycles. The largest absolute Gasteiger partial charge is 0.497 e. The van der Waals surface area contributed by atoms with Gasteiger partial charge in [-0.15, -0.1) is 0 Å². The molecule has 1 amide bonds. The number of rotatable bonds is 5. The molecular formula is C20H21N3O4. The van der Waals surface area contributed by atoms with Crippen LogP contribution in [0.2, 0.25) is 0 Å². The monoisotopic (exact) mass is 367 g/mol. The van der Waals surface area contributed by atoms with Crippen molar-refractivity contribution in [1.29, 1.82) is 0 Å². The van der Waals surface area contributed by atoms with Crippen LogP contribution in [0.1, 0.15) is 5.56 Å². The van der Waals surface area contributed by atoms with Crippen LogP contribution in [0, 0.1) is 0 Å². The molecule has 0 saturated heterocycles. The van der Waals surface area contributed by atoms with Crippen molar-refractivity contribution < 1.29 is 14.3 Å². The summed E-state index contributed by atoms with van der Waals surface area (Å²) in [5, 5.41) is 2.80. The molecule has 27 heavy (non-hydrogen) atoms. The first-order valence-electron chi connectivity index (χ1n) is 8.31. The minimum atomic E-state index is -0.292. The maximum Gasteiger partial charge on any atom is 0.328 e. The van der Waals surface area contributed by atoms with Gasteiger partial charge in [0.25, 0.3) is 0 Å². The highest BCUT2D eigenvalue weighted by Gasteiger charge is 2.09. The Morgan fingerprint density at radius 3 is 2.44 bits per heavy atom. The predicted octanol–water partition coefficient (Wildman–Crippen LogP) is 2.55. The first-order chi connectivity index (χ1) is 12.9.